The van der Waals surface area contributed by atoms with Gasteiger partial charge in [-0.3, -0.25) is 0 Å². The molecule has 3 aliphatic rings. The van der Waals surface area contributed by atoms with Crippen LogP contribution in [-0.2, 0) is 22.1 Å². The largest absolute Gasteiger partial charge is 0.467 e. The number of nitrogens with zero attached hydrogens (tertiary/aromatic N) is 2. The van der Waals surface area contributed by atoms with E-state index in [0.29, 0.717) is 24.7 Å². The zero-order valence-corrected chi connectivity index (χ0v) is 19.2. The molecule has 190 valence electrons. The zero-order chi connectivity index (χ0) is 24.7. The minimum atomic E-state index is -4.89. The molecule has 4 atom stereocenters. The van der Waals surface area contributed by atoms with Crippen molar-refractivity contribution in [1.82, 2.24) is 10.2 Å². The molecule has 2 bridgehead atoms. The second-order valence-corrected chi connectivity index (χ2v) is 9.30. The summed E-state index contributed by atoms with van der Waals surface area (Å²) in [7, 11) is 1.34. The van der Waals surface area contributed by atoms with Crippen LogP contribution in [0.3, 0.4) is 0 Å². The van der Waals surface area contributed by atoms with Crippen LogP contribution in [0.1, 0.15) is 61.3 Å². The fourth-order valence-corrected chi connectivity index (χ4v) is 5.31. The molecule has 1 aromatic heterocycles. The Kier molecular flexibility index (Phi) is 6.58. The number of hydrogen-bond donors (Lipinski definition) is 2. The highest BCUT2D eigenvalue weighted by Crippen LogP contribution is 2.48. The van der Waals surface area contributed by atoms with E-state index in [0.717, 1.165) is 49.3 Å². The number of methoxy groups -OCH3 is 1. The average molecular weight is 497 g/mol. The van der Waals surface area contributed by atoms with Crippen LogP contribution in [0.2, 0.25) is 0 Å². The van der Waals surface area contributed by atoms with Gasteiger partial charge in [0, 0.05) is 24.7 Å². The summed E-state index contributed by atoms with van der Waals surface area (Å²) in [6.07, 6.45) is -0.266. The predicted molar refractivity (Wildman–Crippen MR) is 117 cm³/mol. The highest BCUT2D eigenvalue weighted by atomic mass is 19.4. The number of ether oxygens (including phenoxy) is 3. The van der Waals surface area contributed by atoms with Crippen molar-refractivity contribution in [2.75, 3.05) is 19.2 Å². The second kappa shape index (κ2) is 9.51. The van der Waals surface area contributed by atoms with E-state index in [9.17, 15) is 22.7 Å². The van der Waals surface area contributed by atoms with Crippen LogP contribution in [0.4, 0.5) is 23.4 Å². The molecule has 2 aliphatic heterocycles. The fraction of sp³-hybridized carbons (Fsp3) is 0.583. The van der Waals surface area contributed by atoms with Gasteiger partial charge in [0.2, 0.25) is 0 Å². The summed E-state index contributed by atoms with van der Waals surface area (Å²) >= 11 is 0. The maximum Gasteiger partial charge on any atom is 0.419 e. The van der Waals surface area contributed by atoms with Gasteiger partial charge in [0.15, 0.2) is 12.6 Å². The number of rotatable bonds is 6. The molecular weight excluding hydrogens is 470 g/mol. The van der Waals surface area contributed by atoms with Gasteiger partial charge >= 0.3 is 6.18 Å². The molecule has 0 radical (unpaired) electrons. The highest BCUT2D eigenvalue weighted by molar-refractivity contribution is 5.74. The Morgan fingerprint density at radius 3 is 2.69 bits per heavy atom. The van der Waals surface area contributed by atoms with Crippen molar-refractivity contribution in [3.63, 3.8) is 0 Å². The van der Waals surface area contributed by atoms with Crippen LogP contribution in [0.5, 0.6) is 5.75 Å². The molecule has 3 heterocycles. The van der Waals surface area contributed by atoms with Gasteiger partial charge in [-0.15, -0.1) is 10.2 Å². The van der Waals surface area contributed by atoms with E-state index in [-0.39, 0.29) is 42.0 Å². The Morgan fingerprint density at radius 2 is 1.94 bits per heavy atom. The molecule has 7 nitrogen and oxygen atoms in total. The van der Waals surface area contributed by atoms with Gasteiger partial charge in [0.05, 0.1) is 29.9 Å². The predicted octanol–water partition coefficient (Wildman–Crippen LogP) is 4.78. The quantitative estimate of drug-likeness (QED) is 0.439. The molecule has 1 aliphatic carbocycles. The summed E-state index contributed by atoms with van der Waals surface area (Å²) in [6, 6.07) is 1.25. The maximum absolute atomic E-state index is 14.6. The van der Waals surface area contributed by atoms with Gasteiger partial charge in [-0.05, 0) is 43.4 Å². The van der Waals surface area contributed by atoms with Crippen LogP contribution < -0.4 is 10.1 Å². The number of nitrogens with one attached hydrogen (secondary N) is 1. The molecule has 1 saturated carbocycles. The lowest BCUT2D eigenvalue weighted by molar-refractivity contribution is -0.140. The van der Waals surface area contributed by atoms with Crippen LogP contribution in [0.15, 0.2) is 12.1 Å². The van der Waals surface area contributed by atoms with E-state index >= 15 is 0 Å². The van der Waals surface area contributed by atoms with Crippen LogP contribution in [0.25, 0.3) is 11.3 Å². The SMILES string of the molecule is COCOc1cc(C(F)(F)F)c(F)cc1-c1nnc(N[C@@H]2CCCC[C@H]2O)c2c1C[C@@H]1CC[C@H]2O1. The summed E-state index contributed by atoms with van der Waals surface area (Å²) in [5, 5.41) is 22.5. The summed E-state index contributed by atoms with van der Waals surface area (Å²) in [6.45, 7) is -0.320. The van der Waals surface area contributed by atoms with Crippen molar-refractivity contribution in [2.45, 2.75) is 75.5 Å². The number of anilines is 1. The minimum absolute atomic E-state index is 0.0637. The summed E-state index contributed by atoms with van der Waals surface area (Å²) in [4.78, 5) is 0. The lowest BCUT2D eigenvalue weighted by atomic mass is 9.91. The monoisotopic (exact) mass is 497 g/mol. The Morgan fingerprint density at radius 1 is 1.14 bits per heavy atom. The number of aromatic nitrogens is 2. The smallest absolute Gasteiger partial charge is 0.419 e. The number of hydrogen-bond acceptors (Lipinski definition) is 7. The Labute approximate surface area is 199 Å². The van der Waals surface area contributed by atoms with Gasteiger partial charge in [-0.25, -0.2) is 4.39 Å². The number of alkyl halides is 3. The van der Waals surface area contributed by atoms with E-state index in [4.69, 9.17) is 14.2 Å². The van der Waals surface area contributed by atoms with Crippen LogP contribution >= 0.6 is 0 Å². The topological polar surface area (TPSA) is 85.7 Å². The van der Waals surface area contributed by atoms with Gasteiger partial charge in [-0.1, -0.05) is 12.8 Å². The summed E-state index contributed by atoms with van der Waals surface area (Å²) in [5.74, 6) is -1.12. The van der Waals surface area contributed by atoms with Gasteiger partial charge < -0.3 is 24.6 Å². The number of fused-ring (bicyclic) bond motifs is 4. The van der Waals surface area contributed by atoms with E-state index < -0.39 is 23.7 Å². The van der Waals surface area contributed by atoms with Crippen molar-refractivity contribution in [3.8, 4) is 17.0 Å². The Bertz CT molecular complexity index is 1100. The first-order valence-electron chi connectivity index (χ1n) is 11.8. The lowest BCUT2D eigenvalue weighted by Crippen LogP contribution is -2.37. The first kappa shape index (κ1) is 24.2. The molecule has 0 unspecified atom stereocenters. The third kappa shape index (κ3) is 4.68. The first-order valence-corrected chi connectivity index (χ1v) is 11.8. The second-order valence-electron chi connectivity index (χ2n) is 9.30. The Balaban J connectivity index is 1.62. The van der Waals surface area contributed by atoms with Crippen molar-refractivity contribution < 1.29 is 36.9 Å². The highest BCUT2D eigenvalue weighted by Gasteiger charge is 2.40. The zero-order valence-electron chi connectivity index (χ0n) is 19.2. The molecule has 5 rings (SSSR count). The van der Waals surface area contributed by atoms with Crippen molar-refractivity contribution >= 4 is 5.82 Å². The molecule has 2 aromatic rings. The first-order chi connectivity index (χ1) is 16.8. The number of halogens is 4. The van der Waals surface area contributed by atoms with E-state index in [1.807, 2.05) is 0 Å². The van der Waals surface area contributed by atoms with E-state index in [1.165, 1.54) is 7.11 Å². The molecule has 2 fully saturated rings. The van der Waals surface area contributed by atoms with Crippen molar-refractivity contribution in [3.05, 3.63) is 34.6 Å². The third-order valence-corrected chi connectivity index (χ3v) is 6.99. The molecule has 1 aromatic carbocycles. The molecule has 11 heteroatoms. The van der Waals surface area contributed by atoms with Crippen molar-refractivity contribution in [1.29, 1.82) is 0 Å². The fourth-order valence-electron chi connectivity index (χ4n) is 5.31. The van der Waals surface area contributed by atoms with E-state index in [2.05, 4.69) is 15.5 Å². The molecule has 35 heavy (non-hydrogen) atoms. The molecule has 0 spiro atoms. The third-order valence-electron chi connectivity index (χ3n) is 6.99. The molecule has 0 amide bonds. The van der Waals surface area contributed by atoms with E-state index in [1.54, 1.807) is 0 Å². The van der Waals surface area contributed by atoms with Crippen LogP contribution in [0, 0.1) is 5.82 Å². The molecule has 2 N–H and O–H groups in total. The van der Waals surface area contributed by atoms with Gasteiger partial charge in [-0.2, -0.15) is 13.2 Å². The standard InChI is InChI=1S/C24H27F4N3O4/c1-33-11-34-20-10-15(24(26,27)28)16(25)9-13(20)22-14-8-12-6-7-19(35-12)21(14)23(31-30-22)29-17-4-2-3-5-18(17)32/h9-10,12,17-19,32H,2-8,11H2,1H3,(H,29,31)/t12-,17+,18+,19+/m0/s1. The summed E-state index contributed by atoms with van der Waals surface area (Å²) < 4.78 is 71.2. The maximum atomic E-state index is 14.6. The average Bonchev–Trinajstić information content (AvgIpc) is 3.19. The minimum Gasteiger partial charge on any atom is -0.467 e. The molecular formula is C24H27F4N3O4. The van der Waals surface area contributed by atoms with Gasteiger partial charge in [0.1, 0.15) is 17.3 Å². The number of benzene rings is 1. The summed E-state index contributed by atoms with van der Waals surface area (Å²) in [5.41, 5.74) is 0.408. The van der Waals surface area contributed by atoms with Crippen LogP contribution in [-0.4, -0.2) is 47.5 Å². The normalized spacial score (nSPS) is 25.9. The molecule has 1 saturated heterocycles. The number of aliphatic hydroxyl groups is 1. The lowest BCUT2D eigenvalue weighted by Gasteiger charge is -2.32. The van der Waals surface area contributed by atoms with Gasteiger partial charge in [0.25, 0.3) is 0 Å². The Hall–Kier alpha value is -2.50. The number of aliphatic hydroxyl groups excluding tert-OH is 1. The van der Waals surface area contributed by atoms with Crippen molar-refractivity contribution in [2.24, 2.45) is 0 Å².